The molecule has 1 rings (SSSR count). The van der Waals surface area contributed by atoms with Crippen molar-refractivity contribution in [3.05, 3.63) is 22.8 Å². The van der Waals surface area contributed by atoms with E-state index in [0.29, 0.717) is 0 Å². The molecule has 0 spiro atoms. The molecule has 0 radical (unpaired) electrons. The second-order valence-electron chi connectivity index (χ2n) is 3.71. The Balaban J connectivity index is 2.63. The summed E-state index contributed by atoms with van der Waals surface area (Å²) in [5.41, 5.74) is 4.54. The van der Waals surface area contributed by atoms with Crippen LogP contribution in [-0.2, 0) is 0 Å². The fourth-order valence-corrected chi connectivity index (χ4v) is 1.52. The van der Waals surface area contributed by atoms with Gasteiger partial charge in [-0.15, -0.1) is 0 Å². The van der Waals surface area contributed by atoms with Crippen LogP contribution in [0.4, 0.5) is 0 Å². The van der Waals surface area contributed by atoms with Gasteiger partial charge in [0.25, 0.3) is 0 Å². The van der Waals surface area contributed by atoms with Gasteiger partial charge >= 0.3 is 0 Å². The molecule has 11 heavy (non-hydrogen) atoms. The van der Waals surface area contributed by atoms with Crippen molar-refractivity contribution in [1.29, 1.82) is 0 Å². The lowest BCUT2D eigenvalue weighted by molar-refractivity contribution is 0.448. The molecular formula is C10H17N. The molecule has 0 amide bonds. The van der Waals surface area contributed by atoms with Crippen molar-refractivity contribution in [2.24, 2.45) is 0 Å². The summed E-state index contributed by atoms with van der Waals surface area (Å²) < 4.78 is 0. The standard InChI is InChI=1S/C10H17N/c1-8-5-9(2)10(6-8)7-11(3)4/h6H,5,7H2,1-4H3. The summed E-state index contributed by atoms with van der Waals surface area (Å²) in [4.78, 5) is 2.22. The van der Waals surface area contributed by atoms with E-state index in [4.69, 9.17) is 0 Å². The van der Waals surface area contributed by atoms with E-state index >= 15 is 0 Å². The lowest BCUT2D eigenvalue weighted by Gasteiger charge is -2.09. The molecule has 1 aliphatic rings. The van der Waals surface area contributed by atoms with Crippen molar-refractivity contribution in [2.45, 2.75) is 20.3 Å². The summed E-state index contributed by atoms with van der Waals surface area (Å²) in [5, 5.41) is 0. The first-order valence-corrected chi connectivity index (χ1v) is 4.10. The normalized spacial score (nSPS) is 18.1. The van der Waals surface area contributed by atoms with Crippen molar-refractivity contribution in [2.75, 3.05) is 20.6 Å². The Morgan fingerprint density at radius 2 is 2.00 bits per heavy atom. The van der Waals surface area contributed by atoms with Crippen LogP contribution >= 0.6 is 0 Å². The zero-order chi connectivity index (χ0) is 8.43. The maximum absolute atomic E-state index is 2.31. The SMILES string of the molecule is CC1=CC(CN(C)C)=C(C)C1. The fourth-order valence-electron chi connectivity index (χ4n) is 1.52. The van der Waals surface area contributed by atoms with Crippen molar-refractivity contribution >= 4 is 0 Å². The minimum Gasteiger partial charge on any atom is -0.305 e. The number of likely N-dealkylation sites (N-methyl/N-ethyl adjacent to an activating group) is 1. The first-order valence-electron chi connectivity index (χ1n) is 4.10. The Morgan fingerprint density at radius 1 is 1.36 bits per heavy atom. The molecule has 1 nitrogen and oxygen atoms in total. The second-order valence-corrected chi connectivity index (χ2v) is 3.71. The number of allylic oxidation sites excluding steroid dienone is 2. The highest BCUT2D eigenvalue weighted by Gasteiger charge is 2.08. The van der Waals surface area contributed by atoms with E-state index < -0.39 is 0 Å². The highest BCUT2D eigenvalue weighted by atomic mass is 15.0. The summed E-state index contributed by atoms with van der Waals surface area (Å²) in [6, 6.07) is 0. The smallest absolute Gasteiger partial charge is 0.0227 e. The molecule has 0 heterocycles. The zero-order valence-corrected chi connectivity index (χ0v) is 7.94. The van der Waals surface area contributed by atoms with Gasteiger partial charge in [-0.1, -0.05) is 17.2 Å². The second kappa shape index (κ2) is 3.22. The Bertz CT molecular complexity index is 209. The van der Waals surface area contributed by atoms with E-state index in [-0.39, 0.29) is 0 Å². The minimum absolute atomic E-state index is 1.09. The van der Waals surface area contributed by atoms with Crippen LogP contribution in [0.1, 0.15) is 20.3 Å². The summed E-state index contributed by atoms with van der Waals surface area (Å²) in [5.74, 6) is 0. The lowest BCUT2D eigenvalue weighted by Crippen LogP contribution is -2.14. The third-order valence-electron chi connectivity index (χ3n) is 2.00. The number of hydrogen-bond acceptors (Lipinski definition) is 1. The summed E-state index contributed by atoms with van der Waals surface area (Å²) in [6.07, 6.45) is 3.50. The number of nitrogens with zero attached hydrogens (tertiary/aromatic N) is 1. The van der Waals surface area contributed by atoms with Crippen LogP contribution in [0.15, 0.2) is 22.8 Å². The van der Waals surface area contributed by atoms with Gasteiger partial charge < -0.3 is 4.90 Å². The molecule has 0 aromatic rings. The third-order valence-corrected chi connectivity index (χ3v) is 2.00. The van der Waals surface area contributed by atoms with Gasteiger partial charge in [0, 0.05) is 6.54 Å². The largest absolute Gasteiger partial charge is 0.305 e. The van der Waals surface area contributed by atoms with Crippen molar-refractivity contribution in [3.63, 3.8) is 0 Å². The van der Waals surface area contributed by atoms with Gasteiger partial charge in [-0.05, 0) is 39.9 Å². The van der Waals surface area contributed by atoms with E-state index in [0.717, 1.165) is 6.54 Å². The topological polar surface area (TPSA) is 3.24 Å². The maximum Gasteiger partial charge on any atom is 0.0227 e. The molecule has 0 aromatic heterocycles. The summed E-state index contributed by atoms with van der Waals surface area (Å²) >= 11 is 0. The van der Waals surface area contributed by atoms with Crippen LogP contribution in [0.25, 0.3) is 0 Å². The molecule has 0 aliphatic heterocycles. The molecule has 0 unspecified atom stereocenters. The first-order chi connectivity index (χ1) is 5.09. The van der Waals surface area contributed by atoms with Gasteiger partial charge in [0.2, 0.25) is 0 Å². The summed E-state index contributed by atoms with van der Waals surface area (Å²) in [7, 11) is 4.23. The van der Waals surface area contributed by atoms with Crippen LogP contribution in [0.2, 0.25) is 0 Å². The van der Waals surface area contributed by atoms with E-state index in [9.17, 15) is 0 Å². The molecule has 0 aromatic carbocycles. The molecule has 0 bridgehead atoms. The number of hydrogen-bond donors (Lipinski definition) is 0. The first kappa shape index (κ1) is 8.54. The van der Waals surface area contributed by atoms with E-state index in [1.54, 1.807) is 0 Å². The minimum atomic E-state index is 1.09. The van der Waals surface area contributed by atoms with Gasteiger partial charge in [-0.3, -0.25) is 0 Å². The molecular weight excluding hydrogens is 134 g/mol. The fraction of sp³-hybridized carbons (Fsp3) is 0.600. The quantitative estimate of drug-likeness (QED) is 0.585. The third kappa shape index (κ3) is 2.19. The Morgan fingerprint density at radius 3 is 2.36 bits per heavy atom. The van der Waals surface area contributed by atoms with Crippen molar-refractivity contribution < 1.29 is 0 Å². The van der Waals surface area contributed by atoms with Crippen LogP contribution in [0.5, 0.6) is 0 Å². The van der Waals surface area contributed by atoms with Crippen LogP contribution in [0, 0.1) is 0 Å². The van der Waals surface area contributed by atoms with Gasteiger partial charge in [-0.2, -0.15) is 0 Å². The average Bonchev–Trinajstić information content (AvgIpc) is 2.09. The van der Waals surface area contributed by atoms with Crippen LogP contribution in [0.3, 0.4) is 0 Å². The van der Waals surface area contributed by atoms with Gasteiger partial charge in [0.05, 0.1) is 0 Å². The van der Waals surface area contributed by atoms with Crippen molar-refractivity contribution in [1.82, 2.24) is 4.90 Å². The highest BCUT2D eigenvalue weighted by molar-refractivity contribution is 5.38. The van der Waals surface area contributed by atoms with E-state index in [2.05, 4.69) is 38.9 Å². The van der Waals surface area contributed by atoms with E-state index in [1.165, 1.54) is 23.1 Å². The maximum atomic E-state index is 2.31. The number of rotatable bonds is 2. The van der Waals surface area contributed by atoms with Gasteiger partial charge in [-0.25, -0.2) is 0 Å². The molecule has 0 saturated carbocycles. The van der Waals surface area contributed by atoms with E-state index in [1.807, 2.05) is 0 Å². The zero-order valence-electron chi connectivity index (χ0n) is 7.94. The van der Waals surface area contributed by atoms with Crippen molar-refractivity contribution in [3.8, 4) is 0 Å². The molecule has 1 heteroatoms. The molecule has 0 saturated heterocycles. The summed E-state index contributed by atoms with van der Waals surface area (Å²) in [6.45, 7) is 5.52. The molecule has 0 fully saturated rings. The predicted octanol–water partition coefficient (Wildman–Crippen LogP) is 2.21. The Hall–Kier alpha value is -0.560. The Labute approximate surface area is 69.4 Å². The predicted molar refractivity (Wildman–Crippen MR) is 49.6 cm³/mol. The molecule has 0 atom stereocenters. The molecule has 0 N–H and O–H groups in total. The monoisotopic (exact) mass is 151 g/mol. The molecule has 1 aliphatic carbocycles. The van der Waals surface area contributed by atoms with Crippen LogP contribution < -0.4 is 0 Å². The van der Waals surface area contributed by atoms with Gasteiger partial charge in [0.15, 0.2) is 0 Å². The Kier molecular flexibility index (Phi) is 2.50. The highest BCUT2D eigenvalue weighted by Crippen LogP contribution is 2.24. The van der Waals surface area contributed by atoms with Gasteiger partial charge in [0.1, 0.15) is 0 Å². The van der Waals surface area contributed by atoms with Crippen LogP contribution in [-0.4, -0.2) is 25.5 Å². The molecule has 62 valence electrons. The average molecular weight is 151 g/mol. The lowest BCUT2D eigenvalue weighted by atomic mass is 10.1.